The number of carboxylic acids is 1. The van der Waals surface area contributed by atoms with Gasteiger partial charge in [0, 0.05) is 18.1 Å². The summed E-state index contributed by atoms with van der Waals surface area (Å²) in [6.07, 6.45) is -0.225. The summed E-state index contributed by atoms with van der Waals surface area (Å²) in [6, 6.07) is 11.1. The van der Waals surface area contributed by atoms with E-state index in [1.165, 1.54) is 31.4 Å². The van der Waals surface area contributed by atoms with Crippen molar-refractivity contribution in [3.05, 3.63) is 53.6 Å². The van der Waals surface area contributed by atoms with Crippen LogP contribution in [0.2, 0.25) is 0 Å². The molecule has 0 aliphatic heterocycles. The third-order valence-electron chi connectivity index (χ3n) is 3.70. The minimum atomic E-state index is -3.85. The summed E-state index contributed by atoms with van der Waals surface area (Å²) in [7, 11) is -2.44. The predicted molar refractivity (Wildman–Crippen MR) is 93.0 cm³/mol. The molecular formula is C18H20NO5S-. The SMILES string of the molecule is COc1ccc(C(C)C)cc1S(=O)(=O)Nc1ccc(CC(=O)[O-])cc1. The van der Waals surface area contributed by atoms with Crippen molar-refractivity contribution in [2.45, 2.75) is 31.1 Å². The number of carbonyl (C=O) groups excluding carboxylic acids is 1. The number of hydrogen-bond acceptors (Lipinski definition) is 5. The molecule has 0 fully saturated rings. The van der Waals surface area contributed by atoms with Gasteiger partial charge in [-0.1, -0.05) is 32.0 Å². The number of nitrogens with one attached hydrogen (secondary N) is 1. The van der Waals surface area contributed by atoms with Crippen molar-refractivity contribution in [2.24, 2.45) is 0 Å². The van der Waals surface area contributed by atoms with E-state index in [9.17, 15) is 18.3 Å². The Morgan fingerprint density at radius 1 is 1.16 bits per heavy atom. The lowest BCUT2D eigenvalue weighted by Gasteiger charge is -2.14. The van der Waals surface area contributed by atoms with Crippen molar-refractivity contribution in [1.82, 2.24) is 0 Å². The van der Waals surface area contributed by atoms with Gasteiger partial charge in [-0.15, -0.1) is 0 Å². The molecule has 25 heavy (non-hydrogen) atoms. The lowest BCUT2D eigenvalue weighted by atomic mass is 10.0. The summed E-state index contributed by atoms with van der Waals surface area (Å²) in [5.74, 6) is -0.766. The van der Waals surface area contributed by atoms with E-state index in [4.69, 9.17) is 4.74 Å². The first-order valence-electron chi connectivity index (χ1n) is 7.72. The third-order valence-corrected chi connectivity index (χ3v) is 5.10. The number of rotatable bonds is 7. The summed E-state index contributed by atoms with van der Waals surface area (Å²) in [4.78, 5) is 10.6. The molecule has 0 bridgehead atoms. The van der Waals surface area contributed by atoms with E-state index in [0.717, 1.165) is 5.56 Å². The molecule has 2 rings (SSSR count). The minimum absolute atomic E-state index is 0.0556. The van der Waals surface area contributed by atoms with Crippen molar-refractivity contribution in [3.63, 3.8) is 0 Å². The maximum atomic E-state index is 12.7. The first kappa shape index (κ1) is 18.8. The number of ether oxygens (including phenoxy) is 1. The Balaban J connectivity index is 2.32. The van der Waals surface area contributed by atoms with Gasteiger partial charge in [-0.25, -0.2) is 8.42 Å². The Labute approximate surface area is 147 Å². The lowest BCUT2D eigenvalue weighted by molar-refractivity contribution is -0.304. The largest absolute Gasteiger partial charge is 0.550 e. The molecule has 0 amide bonds. The van der Waals surface area contributed by atoms with Gasteiger partial charge >= 0.3 is 0 Å². The highest BCUT2D eigenvalue weighted by molar-refractivity contribution is 7.92. The number of anilines is 1. The van der Waals surface area contributed by atoms with Gasteiger partial charge in [-0.2, -0.15) is 0 Å². The monoisotopic (exact) mass is 362 g/mol. The molecule has 0 aliphatic rings. The maximum absolute atomic E-state index is 12.7. The van der Waals surface area contributed by atoms with Crippen LogP contribution in [0.15, 0.2) is 47.4 Å². The van der Waals surface area contributed by atoms with Gasteiger partial charge in [0.15, 0.2) is 0 Å². The van der Waals surface area contributed by atoms with Crippen molar-refractivity contribution in [1.29, 1.82) is 0 Å². The Morgan fingerprint density at radius 2 is 1.80 bits per heavy atom. The maximum Gasteiger partial charge on any atom is 0.265 e. The van der Waals surface area contributed by atoms with E-state index in [2.05, 4.69) is 4.72 Å². The average molecular weight is 362 g/mol. The van der Waals surface area contributed by atoms with Crippen LogP contribution in [0, 0.1) is 0 Å². The summed E-state index contributed by atoms with van der Waals surface area (Å²) < 4.78 is 33.1. The molecule has 0 heterocycles. The fourth-order valence-electron chi connectivity index (χ4n) is 2.33. The molecule has 7 heteroatoms. The Morgan fingerprint density at radius 3 is 2.32 bits per heavy atom. The van der Waals surface area contributed by atoms with Crippen LogP contribution in [-0.4, -0.2) is 21.5 Å². The van der Waals surface area contributed by atoms with Gasteiger partial charge in [0.1, 0.15) is 10.6 Å². The van der Waals surface area contributed by atoms with Crippen LogP contribution < -0.4 is 14.6 Å². The molecule has 0 radical (unpaired) electrons. The van der Waals surface area contributed by atoms with Gasteiger partial charge < -0.3 is 14.6 Å². The zero-order valence-corrected chi connectivity index (χ0v) is 15.1. The number of aliphatic carboxylic acids is 1. The zero-order chi connectivity index (χ0) is 18.6. The molecule has 134 valence electrons. The van der Waals surface area contributed by atoms with Crippen molar-refractivity contribution in [2.75, 3.05) is 11.8 Å². The first-order chi connectivity index (χ1) is 11.7. The van der Waals surface area contributed by atoms with E-state index in [1.54, 1.807) is 12.1 Å². The highest BCUT2D eigenvalue weighted by atomic mass is 32.2. The molecule has 0 aliphatic carbocycles. The molecule has 2 aromatic carbocycles. The van der Waals surface area contributed by atoms with Crippen molar-refractivity contribution < 1.29 is 23.1 Å². The number of hydrogen-bond donors (Lipinski definition) is 1. The van der Waals surface area contributed by atoms with E-state index in [0.29, 0.717) is 11.3 Å². The average Bonchev–Trinajstić information content (AvgIpc) is 2.55. The number of methoxy groups -OCH3 is 1. The Kier molecular flexibility index (Phi) is 5.69. The second-order valence-electron chi connectivity index (χ2n) is 5.92. The normalized spacial score (nSPS) is 11.4. The van der Waals surface area contributed by atoms with Gasteiger partial charge in [0.25, 0.3) is 10.0 Å². The Hall–Kier alpha value is -2.54. The van der Waals surface area contributed by atoms with Gasteiger partial charge in [-0.3, -0.25) is 4.72 Å². The van der Waals surface area contributed by atoms with E-state index in [-0.39, 0.29) is 23.0 Å². The van der Waals surface area contributed by atoms with Gasteiger partial charge in [-0.05, 0) is 41.3 Å². The number of sulfonamides is 1. The summed E-state index contributed by atoms with van der Waals surface area (Å²) in [5.41, 5.74) is 1.74. The molecule has 0 aromatic heterocycles. The summed E-state index contributed by atoms with van der Waals surface area (Å²) in [5, 5.41) is 10.6. The van der Waals surface area contributed by atoms with Crippen LogP contribution in [0.4, 0.5) is 5.69 Å². The molecule has 1 N–H and O–H groups in total. The fourth-order valence-corrected chi connectivity index (χ4v) is 3.59. The fraction of sp³-hybridized carbons (Fsp3) is 0.278. The zero-order valence-electron chi connectivity index (χ0n) is 14.3. The van der Waals surface area contributed by atoms with E-state index in [1.807, 2.05) is 19.9 Å². The summed E-state index contributed by atoms with van der Waals surface area (Å²) in [6.45, 7) is 3.95. The predicted octanol–water partition coefficient (Wildman–Crippen LogP) is 1.91. The van der Waals surface area contributed by atoms with Crippen LogP contribution in [0.5, 0.6) is 5.75 Å². The number of carboxylic acid groups (broad SMARTS) is 1. The first-order valence-corrected chi connectivity index (χ1v) is 9.21. The second-order valence-corrected chi connectivity index (χ2v) is 7.57. The highest BCUT2D eigenvalue weighted by Crippen LogP contribution is 2.29. The third kappa shape index (κ3) is 4.73. The topological polar surface area (TPSA) is 95.5 Å². The van der Waals surface area contributed by atoms with Gasteiger partial charge in [0.2, 0.25) is 0 Å². The number of carbonyl (C=O) groups is 1. The quantitative estimate of drug-likeness (QED) is 0.812. The second kappa shape index (κ2) is 7.57. The van der Waals surface area contributed by atoms with Crippen molar-refractivity contribution >= 4 is 21.7 Å². The summed E-state index contributed by atoms with van der Waals surface area (Å²) >= 11 is 0. The molecule has 6 nitrogen and oxygen atoms in total. The molecule has 0 saturated heterocycles. The molecular weight excluding hydrogens is 342 g/mol. The van der Waals surface area contributed by atoms with E-state index >= 15 is 0 Å². The highest BCUT2D eigenvalue weighted by Gasteiger charge is 2.21. The lowest BCUT2D eigenvalue weighted by Crippen LogP contribution is -2.24. The molecule has 0 spiro atoms. The van der Waals surface area contributed by atoms with Crippen LogP contribution in [0.25, 0.3) is 0 Å². The van der Waals surface area contributed by atoms with Crippen LogP contribution in [0.3, 0.4) is 0 Å². The van der Waals surface area contributed by atoms with Crippen molar-refractivity contribution in [3.8, 4) is 5.75 Å². The molecule has 2 aromatic rings. The minimum Gasteiger partial charge on any atom is -0.550 e. The van der Waals surface area contributed by atoms with E-state index < -0.39 is 16.0 Å². The van der Waals surface area contributed by atoms with Crippen LogP contribution in [0.1, 0.15) is 30.9 Å². The Bertz CT molecular complexity index is 858. The van der Waals surface area contributed by atoms with Gasteiger partial charge in [0.05, 0.1) is 7.11 Å². The van der Waals surface area contributed by atoms with Crippen LogP contribution >= 0.6 is 0 Å². The smallest absolute Gasteiger partial charge is 0.265 e. The molecule has 0 unspecified atom stereocenters. The van der Waals surface area contributed by atoms with Crippen LogP contribution in [-0.2, 0) is 21.2 Å². The molecule has 0 atom stereocenters. The number of benzene rings is 2. The molecule has 0 saturated carbocycles. The standard InChI is InChI=1S/C18H21NO5S/c1-12(2)14-6-9-16(24-3)17(11-14)25(22,23)19-15-7-4-13(5-8-15)10-18(20)21/h4-9,11-12,19H,10H2,1-3H3,(H,20,21)/p-1.